The molecule has 1 aromatic heterocycles. The molecule has 0 unspecified atom stereocenters. The van der Waals surface area contributed by atoms with Gasteiger partial charge in [-0.1, -0.05) is 17.7 Å². The van der Waals surface area contributed by atoms with Crippen LogP contribution in [0.5, 0.6) is 5.75 Å². The van der Waals surface area contributed by atoms with Gasteiger partial charge in [0.05, 0.1) is 4.88 Å². The van der Waals surface area contributed by atoms with Gasteiger partial charge in [-0.15, -0.1) is 11.3 Å². The fourth-order valence-electron chi connectivity index (χ4n) is 6.98. The van der Waals surface area contributed by atoms with Crippen LogP contribution < -0.4 is 10.1 Å². The summed E-state index contributed by atoms with van der Waals surface area (Å²) in [5.41, 5.74) is 5.03. The van der Waals surface area contributed by atoms with Gasteiger partial charge in [0.2, 0.25) is 0 Å². The molecule has 30 heavy (non-hydrogen) atoms. The zero-order chi connectivity index (χ0) is 20.9. The zero-order valence-corrected chi connectivity index (χ0v) is 19.2. The van der Waals surface area contributed by atoms with Gasteiger partial charge in [0.25, 0.3) is 5.91 Å². The van der Waals surface area contributed by atoms with E-state index in [1.165, 1.54) is 55.4 Å². The van der Waals surface area contributed by atoms with E-state index < -0.39 is 0 Å². The van der Waals surface area contributed by atoms with Gasteiger partial charge >= 0.3 is 0 Å². The lowest BCUT2D eigenvalue weighted by molar-refractivity contribution is -0.0503. The molecule has 0 radical (unpaired) electrons. The predicted octanol–water partition coefficient (Wildman–Crippen LogP) is 6.20. The van der Waals surface area contributed by atoms with E-state index in [0.29, 0.717) is 12.0 Å². The van der Waals surface area contributed by atoms with Gasteiger partial charge in [-0.3, -0.25) is 4.79 Å². The number of hydrogen-bond donors (Lipinski definition) is 1. The summed E-state index contributed by atoms with van der Waals surface area (Å²) < 4.78 is 6.10. The molecule has 4 aliphatic rings. The Balaban J connectivity index is 1.18. The summed E-state index contributed by atoms with van der Waals surface area (Å²) >= 11 is 1.53. The monoisotopic (exact) mass is 423 g/mol. The average Bonchev–Trinajstić information content (AvgIpc) is 3.13. The van der Waals surface area contributed by atoms with Crippen molar-refractivity contribution in [1.82, 2.24) is 5.32 Å². The van der Waals surface area contributed by atoms with Crippen molar-refractivity contribution in [3.63, 3.8) is 0 Å². The maximum absolute atomic E-state index is 12.8. The number of aryl methyl sites for hydroxylation is 3. The minimum atomic E-state index is 0.0877. The molecule has 0 saturated heterocycles. The molecular weight excluding hydrogens is 390 g/mol. The van der Waals surface area contributed by atoms with Crippen molar-refractivity contribution in [3.05, 3.63) is 50.7 Å². The van der Waals surface area contributed by atoms with Crippen molar-refractivity contribution in [3.8, 4) is 5.75 Å². The highest BCUT2D eigenvalue weighted by Gasteiger charge is 2.50. The molecule has 1 N–H and O–H groups in total. The van der Waals surface area contributed by atoms with E-state index in [1.807, 2.05) is 6.07 Å². The third kappa shape index (κ3) is 3.91. The minimum absolute atomic E-state index is 0.0877. The van der Waals surface area contributed by atoms with E-state index in [-0.39, 0.29) is 5.91 Å². The molecule has 2 aromatic rings. The fourth-order valence-corrected chi connectivity index (χ4v) is 7.79. The summed E-state index contributed by atoms with van der Waals surface area (Å²) in [6, 6.07) is 6.30. The van der Waals surface area contributed by atoms with Crippen LogP contribution in [0, 0.1) is 43.9 Å². The number of carbonyl (C=O) groups is 1. The van der Waals surface area contributed by atoms with Crippen LogP contribution in [0.2, 0.25) is 0 Å². The maximum atomic E-state index is 12.8. The predicted molar refractivity (Wildman–Crippen MR) is 122 cm³/mol. The molecule has 0 aliphatic heterocycles. The van der Waals surface area contributed by atoms with Crippen LogP contribution >= 0.6 is 11.3 Å². The van der Waals surface area contributed by atoms with Gasteiger partial charge in [0.15, 0.2) is 0 Å². The Hall–Kier alpha value is -1.81. The average molecular weight is 424 g/mol. The van der Waals surface area contributed by atoms with Gasteiger partial charge in [-0.2, -0.15) is 0 Å². The van der Waals surface area contributed by atoms with Crippen LogP contribution in [0.25, 0.3) is 0 Å². The molecule has 0 spiro atoms. The lowest BCUT2D eigenvalue weighted by atomic mass is 9.49. The van der Waals surface area contributed by atoms with Crippen LogP contribution in [0.1, 0.15) is 70.5 Å². The van der Waals surface area contributed by atoms with E-state index in [0.717, 1.165) is 51.6 Å². The van der Waals surface area contributed by atoms with E-state index in [1.54, 1.807) is 0 Å². The summed E-state index contributed by atoms with van der Waals surface area (Å²) in [4.78, 5) is 13.6. The number of rotatable bonds is 6. The molecule has 4 aliphatic carbocycles. The standard InChI is InChI=1S/C26H33NO2S/c1-16-4-17(2)24(18(3)5-16)29-13-22-9-23(30-14-22)25(28)27-15-26-10-19-6-20(11-26)8-21(7-19)12-26/h4-5,9,14,19-21H,6-8,10-13,15H2,1-3H3,(H,27,28). The Kier molecular flexibility index (Phi) is 5.17. The summed E-state index contributed by atoms with van der Waals surface area (Å²) in [6.07, 6.45) is 8.33. The molecule has 4 heteroatoms. The summed E-state index contributed by atoms with van der Waals surface area (Å²) in [5, 5.41) is 5.35. The molecule has 4 bridgehead atoms. The largest absolute Gasteiger partial charge is 0.488 e. The Morgan fingerprint density at radius 2 is 1.63 bits per heavy atom. The van der Waals surface area contributed by atoms with Crippen molar-refractivity contribution >= 4 is 17.2 Å². The molecule has 4 fully saturated rings. The number of benzene rings is 1. The quantitative estimate of drug-likeness (QED) is 0.601. The molecule has 1 heterocycles. The number of amides is 1. The van der Waals surface area contributed by atoms with Crippen LogP contribution in [-0.2, 0) is 6.61 Å². The number of thiophene rings is 1. The summed E-state index contributed by atoms with van der Waals surface area (Å²) in [6.45, 7) is 7.65. The lowest BCUT2D eigenvalue weighted by Gasteiger charge is -2.56. The Labute approximate surface area is 184 Å². The fraction of sp³-hybridized carbons (Fsp3) is 0.577. The first-order valence-corrected chi connectivity index (χ1v) is 12.3. The van der Waals surface area contributed by atoms with Crippen LogP contribution in [0.4, 0.5) is 0 Å². The molecule has 4 saturated carbocycles. The maximum Gasteiger partial charge on any atom is 0.261 e. The van der Waals surface area contributed by atoms with Crippen molar-refractivity contribution in [1.29, 1.82) is 0 Å². The van der Waals surface area contributed by atoms with E-state index >= 15 is 0 Å². The Bertz CT molecular complexity index is 901. The van der Waals surface area contributed by atoms with E-state index in [2.05, 4.69) is 43.6 Å². The minimum Gasteiger partial charge on any atom is -0.488 e. The van der Waals surface area contributed by atoms with Crippen molar-refractivity contribution in [2.45, 2.75) is 65.9 Å². The lowest BCUT2D eigenvalue weighted by Crippen LogP contribution is -2.51. The molecule has 3 nitrogen and oxygen atoms in total. The first-order chi connectivity index (χ1) is 14.4. The molecule has 1 amide bonds. The Morgan fingerprint density at radius 1 is 1.03 bits per heavy atom. The molecular formula is C26H33NO2S. The van der Waals surface area contributed by atoms with Gasteiger partial charge in [0.1, 0.15) is 12.4 Å². The Morgan fingerprint density at radius 3 is 2.23 bits per heavy atom. The van der Waals surface area contributed by atoms with Crippen molar-refractivity contribution in [2.24, 2.45) is 23.2 Å². The number of hydrogen-bond acceptors (Lipinski definition) is 3. The van der Waals surface area contributed by atoms with Crippen LogP contribution in [0.3, 0.4) is 0 Å². The second-order valence-corrected chi connectivity index (χ2v) is 11.3. The van der Waals surface area contributed by atoms with Crippen molar-refractivity contribution in [2.75, 3.05) is 6.54 Å². The zero-order valence-electron chi connectivity index (χ0n) is 18.4. The summed E-state index contributed by atoms with van der Waals surface area (Å²) in [5.74, 6) is 3.82. The van der Waals surface area contributed by atoms with Gasteiger partial charge in [-0.25, -0.2) is 0 Å². The molecule has 160 valence electrons. The third-order valence-corrected chi connectivity index (χ3v) is 8.63. The highest BCUT2D eigenvalue weighted by Crippen LogP contribution is 2.59. The summed E-state index contributed by atoms with van der Waals surface area (Å²) in [7, 11) is 0. The topological polar surface area (TPSA) is 38.3 Å². The first kappa shape index (κ1) is 20.1. The third-order valence-electron chi connectivity index (χ3n) is 7.65. The van der Waals surface area contributed by atoms with Crippen LogP contribution in [-0.4, -0.2) is 12.5 Å². The number of ether oxygens (including phenoxy) is 1. The molecule has 6 rings (SSSR count). The van der Waals surface area contributed by atoms with E-state index in [4.69, 9.17) is 4.74 Å². The van der Waals surface area contributed by atoms with Gasteiger partial charge in [0, 0.05) is 12.1 Å². The second kappa shape index (κ2) is 7.71. The SMILES string of the molecule is Cc1cc(C)c(OCc2csc(C(=O)NCC34CC5CC(CC(C5)C3)C4)c2)c(C)c1. The normalized spacial score (nSPS) is 29.2. The van der Waals surface area contributed by atoms with Gasteiger partial charge < -0.3 is 10.1 Å². The smallest absolute Gasteiger partial charge is 0.261 e. The highest BCUT2D eigenvalue weighted by atomic mass is 32.1. The van der Waals surface area contributed by atoms with E-state index in [9.17, 15) is 4.79 Å². The van der Waals surface area contributed by atoms with Crippen LogP contribution in [0.15, 0.2) is 23.6 Å². The second-order valence-electron chi connectivity index (χ2n) is 10.4. The molecule has 1 aromatic carbocycles. The number of nitrogens with one attached hydrogen (secondary N) is 1. The van der Waals surface area contributed by atoms with Gasteiger partial charge in [-0.05, 0) is 105 Å². The highest BCUT2D eigenvalue weighted by molar-refractivity contribution is 7.12. The number of carbonyl (C=O) groups excluding carboxylic acids is 1. The first-order valence-electron chi connectivity index (χ1n) is 11.5. The molecule has 0 atom stereocenters. The van der Waals surface area contributed by atoms with Crippen molar-refractivity contribution < 1.29 is 9.53 Å².